The second kappa shape index (κ2) is 6.14. The molecule has 3 N–H and O–H groups in total. The van der Waals surface area contributed by atoms with Crippen LogP contribution in [0.3, 0.4) is 0 Å². The van der Waals surface area contributed by atoms with Gasteiger partial charge in [0, 0.05) is 18.3 Å². The molecular formula is C11H20N2O3S. The lowest BCUT2D eigenvalue weighted by Crippen LogP contribution is -2.51. The van der Waals surface area contributed by atoms with Gasteiger partial charge in [-0.25, -0.2) is 4.79 Å². The first-order valence-electron chi connectivity index (χ1n) is 5.77. The van der Waals surface area contributed by atoms with Gasteiger partial charge in [0.05, 0.1) is 5.41 Å². The summed E-state index contributed by atoms with van der Waals surface area (Å²) in [5.41, 5.74) is -0.722. The number of carbonyl (C=O) groups is 2. The normalized spacial score (nSPS) is 18.9. The lowest BCUT2D eigenvalue weighted by Gasteiger charge is -2.37. The second-order valence-electron chi connectivity index (χ2n) is 4.62. The minimum Gasteiger partial charge on any atom is -0.481 e. The van der Waals surface area contributed by atoms with Gasteiger partial charge in [-0.2, -0.15) is 11.8 Å². The minimum absolute atomic E-state index is 0.0900. The van der Waals surface area contributed by atoms with Crippen LogP contribution in [0.1, 0.15) is 26.2 Å². The Hall–Kier alpha value is -0.910. The number of hydrogen-bond donors (Lipinski definition) is 3. The fourth-order valence-electron chi connectivity index (χ4n) is 1.89. The molecule has 1 rings (SSSR count). The number of aliphatic carboxylic acids is 1. The van der Waals surface area contributed by atoms with Gasteiger partial charge in [0.1, 0.15) is 0 Å². The Morgan fingerprint density at radius 3 is 2.53 bits per heavy atom. The van der Waals surface area contributed by atoms with E-state index in [9.17, 15) is 9.59 Å². The number of carbonyl (C=O) groups excluding carboxylic acids is 1. The molecule has 0 aromatic carbocycles. The van der Waals surface area contributed by atoms with Crippen molar-refractivity contribution in [3.05, 3.63) is 0 Å². The molecule has 1 fully saturated rings. The van der Waals surface area contributed by atoms with Crippen molar-refractivity contribution in [2.45, 2.75) is 32.2 Å². The molecule has 0 heterocycles. The molecule has 1 saturated carbocycles. The maximum atomic E-state index is 11.5. The molecule has 0 aliphatic heterocycles. The highest BCUT2D eigenvalue weighted by Crippen LogP contribution is 2.40. The van der Waals surface area contributed by atoms with Gasteiger partial charge in [0.2, 0.25) is 0 Å². The van der Waals surface area contributed by atoms with Gasteiger partial charge < -0.3 is 15.7 Å². The largest absolute Gasteiger partial charge is 0.481 e. The number of thioether (sulfide) groups is 1. The van der Waals surface area contributed by atoms with Crippen LogP contribution in [0.15, 0.2) is 0 Å². The van der Waals surface area contributed by atoms with Gasteiger partial charge in [-0.3, -0.25) is 4.79 Å². The third-order valence-electron chi connectivity index (χ3n) is 3.15. The minimum atomic E-state index is -0.804. The third kappa shape index (κ3) is 3.80. The third-order valence-corrected chi connectivity index (χ3v) is 3.98. The average Bonchev–Trinajstić information content (AvgIpc) is 2.15. The molecule has 6 heteroatoms. The Balaban J connectivity index is 2.30. The quantitative estimate of drug-likeness (QED) is 0.672. The van der Waals surface area contributed by atoms with Gasteiger partial charge in [0.15, 0.2) is 0 Å². The number of carboxylic acids is 1. The Kier molecular flexibility index (Phi) is 5.11. The van der Waals surface area contributed by atoms with E-state index in [-0.39, 0.29) is 18.6 Å². The van der Waals surface area contributed by atoms with Crippen LogP contribution in [0.2, 0.25) is 0 Å². The second-order valence-corrected chi connectivity index (χ2v) is 5.53. The number of carboxylic acid groups (broad SMARTS) is 1. The van der Waals surface area contributed by atoms with Crippen LogP contribution in [-0.4, -0.2) is 41.7 Å². The number of nitrogens with one attached hydrogen (secondary N) is 2. The summed E-state index contributed by atoms with van der Waals surface area (Å²) in [6.07, 6.45) is 4.22. The first-order valence-corrected chi connectivity index (χ1v) is 7.16. The van der Waals surface area contributed by atoms with E-state index in [1.807, 2.05) is 13.2 Å². The van der Waals surface area contributed by atoms with Crippen LogP contribution in [0.5, 0.6) is 0 Å². The Bertz CT molecular complexity index is 292. The molecule has 1 aliphatic carbocycles. The van der Waals surface area contributed by atoms with Crippen LogP contribution in [0.4, 0.5) is 4.79 Å². The van der Waals surface area contributed by atoms with Crippen molar-refractivity contribution in [3.8, 4) is 0 Å². The molecule has 5 nitrogen and oxygen atoms in total. The molecule has 1 aliphatic rings. The summed E-state index contributed by atoms with van der Waals surface area (Å²) in [6, 6.07) is -0.189. The summed E-state index contributed by atoms with van der Waals surface area (Å²) in [5, 5.41) is 14.5. The van der Waals surface area contributed by atoms with Crippen molar-refractivity contribution in [2.75, 3.05) is 18.6 Å². The number of hydrogen-bond acceptors (Lipinski definition) is 3. The molecule has 0 aromatic heterocycles. The summed E-state index contributed by atoms with van der Waals surface area (Å²) in [6.45, 7) is 2.15. The highest BCUT2D eigenvalue weighted by atomic mass is 32.2. The Labute approximate surface area is 106 Å². The smallest absolute Gasteiger partial charge is 0.315 e. The molecule has 1 unspecified atom stereocenters. The zero-order chi connectivity index (χ0) is 12.9. The fourth-order valence-corrected chi connectivity index (χ4v) is 2.47. The topological polar surface area (TPSA) is 78.4 Å². The summed E-state index contributed by atoms with van der Waals surface area (Å²) in [5.74, 6) is 0.0403. The SMILES string of the molecule is CSCC(C)NC(=O)NCC1(C(=O)O)CCC1. The molecule has 0 radical (unpaired) electrons. The fraction of sp³-hybridized carbons (Fsp3) is 0.818. The Morgan fingerprint density at radius 2 is 2.12 bits per heavy atom. The maximum absolute atomic E-state index is 11.5. The van der Waals surface area contributed by atoms with E-state index in [2.05, 4.69) is 10.6 Å². The average molecular weight is 260 g/mol. The van der Waals surface area contributed by atoms with Crippen LogP contribution in [0, 0.1) is 5.41 Å². The molecule has 0 bridgehead atoms. The van der Waals surface area contributed by atoms with Gasteiger partial charge in [-0.15, -0.1) is 0 Å². The van der Waals surface area contributed by atoms with Crippen molar-refractivity contribution < 1.29 is 14.7 Å². The lowest BCUT2D eigenvalue weighted by atomic mass is 9.69. The van der Waals surface area contributed by atoms with Crippen LogP contribution in [0.25, 0.3) is 0 Å². The van der Waals surface area contributed by atoms with Gasteiger partial charge >= 0.3 is 12.0 Å². The van der Waals surface area contributed by atoms with Gasteiger partial charge in [-0.1, -0.05) is 6.42 Å². The Morgan fingerprint density at radius 1 is 1.47 bits per heavy atom. The highest BCUT2D eigenvalue weighted by molar-refractivity contribution is 7.98. The van der Waals surface area contributed by atoms with Crippen molar-refractivity contribution >= 4 is 23.8 Å². The van der Waals surface area contributed by atoms with Gasteiger partial charge in [-0.05, 0) is 26.0 Å². The van der Waals surface area contributed by atoms with Crippen molar-refractivity contribution in [1.29, 1.82) is 0 Å². The molecule has 0 aromatic rings. The predicted octanol–water partition coefficient (Wildman–Crippen LogP) is 1.29. The van der Waals surface area contributed by atoms with E-state index >= 15 is 0 Å². The highest BCUT2D eigenvalue weighted by Gasteiger charge is 2.44. The van der Waals surface area contributed by atoms with Crippen LogP contribution in [-0.2, 0) is 4.79 Å². The van der Waals surface area contributed by atoms with E-state index in [4.69, 9.17) is 5.11 Å². The lowest BCUT2D eigenvalue weighted by molar-refractivity contribution is -0.153. The van der Waals surface area contributed by atoms with Crippen LogP contribution < -0.4 is 10.6 Å². The van der Waals surface area contributed by atoms with E-state index in [1.54, 1.807) is 11.8 Å². The summed E-state index contributed by atoms with van der Waals surface area (Å²) >= 11 is 1.66. The van der Waals surface area contributed by atoms with Gasteiger partial charge in [0.25, 0.3) is 0 Å². The molecule has 98 valence electrons. The molecule has 0 spiro atoms. The molecule has 17 heavy (non-hydrogen) atoms. The zero-order valence-electron chi connectivity index (χ0n) is 10.3. The zero-order valence-corrected chi connectivity index (χ0v) is 11.1. The first kappa shape index (κ1) is 14.2. The maximum Gasteiger partial charge on any atom is 0.315 e. The summed E-state index contributed by atoms with van der Waals surface area (Å²) in [7, 11) is 0. The van der Waals surface area contributed by atoms with E-state index in [1.165, 1.54) is 0 Å². The summed E-state index contributed by atoms with van der Waals surface area (Å²) in [4.78, 5) is 22.6. The summed E-state index contributed by atoms with van der Waals surface area (Å²) < 4.78 is 0. The first-order chi connectivity index (χ1) is 8.00. The van der Waals surface area contributed by atoms with E-state index in [0.717, 1.165) is 12.2 Å². The molecule has 1 atom stereocenters. The van der Waals surface area contributed by atoms with E-state index < -0.39 is 11.4 Å². The van der Waals surface area contributed by atoms with Crippen molar-refractivity contribution in [2.24, 2.45) is 5.41 Å². The molecule has 0 saturated heterocycles. The predicted molar refractivity (Wildman–Crippen MR) is 68.3 cm³/mol. The van der Waals surface area contributed by atoms with Crippen molar-refractivity contribution in [1.82, 2.24) is 10.6 Å². The monoisotopic (exact) mass is 260 g/mol. The number of rotatable bonds is 6. The molecule has 2 amide bonds. The van der Waals surface area contributed by atoms with Crippen LogP contribution >= 0.6 is 11.8 Å². The van der Waals surface area contributed by atoms with E-state index in [0.29, 0.717) is 12.8 Å². The molecular weight excluding hydrogens is 240 g/mol. The van der Waals surface area contributed by atoms with Crippen molar-refractivity contribution in [3.63, 3.8) is 0 Å². The number of amides is 2. The standard InChI is InChI=1S/C11H20N2O3S/c1-8(6-17-2)13-10(16)12-7-11(9(14)15)4-3-5-11/h8H,3-7H2,1-2H3,(H,14,15)(H2,12,13,16). The number of urea groups is 1.